The zero-order chi connectivity index (χ0) is 21.2. The van der Waals surface area contributed by atoms with Gasteiger partial charge in [-0.3, -0.25) is 4.79 Å². The number of nitrogens with one attached hydrogen (secondary N) is 1. The van der Waals surface area contributed by atoms with Gasteiger partial charge < -0.3 is 10.1 Å². The van der Waals surface area contributed by atoms with Gasteiger partial charge in [-0.25, -0.2) is 22.3 Å². The first kappa shape index (κ1) is 20.4. The molecule has 0 bridgehead atoms. The summed E-state index contributed by atoms with van der Waals surface area (Å²) in [5.74, 6) is -1.51. The number of rotatable bonds is 5. The van der Waals surface area contributed by atoms with Crippen LogP contribution < -0.4 is 15.2 Å². The topological polar surface area (TPSA) is 98.5 Å². The molecule has 0 aliphatic carbocycles. The molecule has 0 aliphatic heterocycles. The molecule has 0 spiro atoms. The molecule has 3 aromatic rings. The number of hydrogen-bond donors (Lipinski definition) is 2. The summed E-state index contributed by atoms with van der Waals surface area (Å²) in [5, 5.41) is 7.57. The maximum atomic E-state index is 13.8. The highest BCUT2D eigenvalue weighted by atomic mass is 32.2. The van der Waals surface area contributed by atoms with Gasteiger partial charge in [0.05, 0.1) is 10.5 Å². The number of aryl methyl sites for hydroxylation is 1. The third kappa shape index (κ3) is 4.95. The van der Waals surface area contributed by atoms with Crippen LogP contribution >= 0.6 is 0 Å². The van der Waals surface area contributed by atoms with Gasteiger partial charge in [-0.2, -0.15) is 0 Å². The summed E-state index contributed by atoms with van der Waals surface area (Å²) in [4.78, 5) is 12.5. The lowest BCUT2D eigenvalue weighted by molar-refractivity contribution is 0.102. The molecule has 0 atom stereocenters. The molecule has 6 nitrogen and oxygen atoms in total. The number of carbonyl (C=O) groups excluding carboxylic acids is 1. The Labute approximate surface area is 166 Å². The molecule has 1 amide bonds. The van der Waals surface area contributed by atoms with Crippen LogP contribution in [0, 0.1) is 18.6 Å². The number of amides is 1. The fraction of sp³-hybridized carbons (Fsp3) is 0.0500. The Morgan fingerprint density at radius 1 is 0.966 bits per heavy atom. The van der Waals surface area contributed by atoms with E-state index < -0.39 is 27.6 Å². The van der Waals surface area contributed by atoms with Crippen LogP contribution in [0.1, 0.15) is 15.9 Å². The number of nitrogens with two attached hydrogens (primary N) is 1. The molecule has 0 unspecified atom stereocenters. The summed E-state index contributed by atoms with van der Waals surface area (Å²) in [6.45, 7) is 1.63. The van der Waals surface area contributed by atoms with E-state index in [1.54, 1.807) is 6.92 Å². The van der Waals surface area contributed by atoms with E-state index in [4.69, 9.17) is 9.88 Å². The summed E-state index contributed by atoms with van der Waals surface area (Å²) >= 11 is 0. The first-order valence-electron chi connectivity index (χ1n) is 8.31. The standard InChI is InChI=1S/C20H16F2N2O4S/c1-12-9-13(21)5-7-18(12)28-19-8-6-14(22)10-17(19)20(25)24-15-3-2-4-16(11-15)29(23,26)27/h2-11H,1H3,(H,24,25)(H2,23,26,27). The van der Waals surface area contributed by atoms with E-state index in [0.717, 1.165) is 12.1 Å². The second-order valence-corrected chi connectivity index (χ2v) is 7.74. The van der Waals surface area contributed by atoms with Gasteiger partial charge in [0, 0.05) is 5.69 Å². The van der Waals surface area contributed by atoms with Crippen LogP contribution in [0.5, 0.6) is 11.5 Å². The van der Waals surface area contributed by atoms with Crippen LogP contribution in [0.3, 0.4) is 0 Å². The van der Waals surface area contributed by atoms with E-state index in [0.29, 0.717) is 11.3 Å². The smallest absolute Gasteiger partial charge is 0.259 e. The van der Waals surface area contributed by atoms with Gasteiger partial charge in [0.1, 0.15) is 23.1 Å². The minimum absolute atomic E-state index is 0.0428. The van der Waals surface area contributed by atoms with E-state index in [-0.39, 0.29) is 21.9 Å². The Morgan fingerprint density at radius 3 is 2.28 bits per heavy atom. The Morgan fingerprint density at radius 2 is 1.62 bits per heavy atom. The highest BCUT2D eigenvalue weighted by molar-refractivity contribution is 7.89. The number of hydrogen-bond acceptors (Lipinski definition) is 4. The second-order valence-electron chi connectivity index (χ2n) is 6.18. The van der Waals surface area contributed by atoms with Crippen molar-refractivity contribution in [1.82, 2.24) is 0 Å². The lowest BCUT2D eigenvalue weighted by atomic mass is 10.1. The number of carbonyl (C=O) groups is 1. The van der Waals surface area contributed by atoms with Gasteiger partial charge >= 0.3 is 0 Å². The highest BCUT2D eigenvalue weighted by Gasteiger charge is 2.17. The van der Waals surface area contributed by atoms with Crippen molar-refractivity contribution in [3.63, 3.8) is 0 Å². The Hall–Kier alpha value is -3.30. The summed E-state index contributed by atoms with van der Waals surface area (Å²) < 4.78 is 55.7. The first-order valence-corrected chi connectivity index (χ1v) is 9.86. The van der Waals surface area contributed by atoms with E-state index in [9.17, 15) is 22.0 Å². The van der Waals surface area contributed by atoms with Crippen LogP contribution in [-0.4, -0.2) is 14.3 Å². The maximum Gasteiger partial charge on any atom is 0.259 e. The Kier molecular flexibility index (Phi) is 5.62. The van der Waals surface area contributed by atoms with Crippen molar-refractivity contribution in [1.29, 1.82) is 0 Å². The molecule has 3 N–H and O–H groups in total. The van der Waals surface area contributed by atoms with E-state index in [1.807, 2.05) is 0 Å². The quantitative estimate of drug-likeness (QED) is 0.655. The van der Waals surface area contributed by atoms with Crippen LogP contribution in [0.2, 0.25) is 0 Å². The molecule has 0 aliphatic rings. The average molecular weight is 418 g/mol. The van der Waals surface area contributed by atoms with E-state index in [1.165, 1.54) is 48.5 Å². The molecule has 3 aromatic carbocycles. The van der Waals surface area contributed by atoms with Gasteiger partial charge in [0.2, 0.25) is 10.0 Å². The largest absolute Gasteiger partial charge is 0.456 e. The number of benzene rings is 3. The molecule has 9 heteroatoms. The monoisotopic (exact) mass is 418 g/mol. The molecule has 3 rings (SSSR count). The second kappa shape index (κ2) is 7.98. The van der Waals surface area contributed by atoms with Gasteiger partial charge in [0.25, 0.3) is 5.91 Å². The summed E-state index contributed by atoms with van der Waals surface area (Å²) in [5.41, 5.74) is 0.506. The Bertz CT molecular complexity index is 1200. The van der Waals surface area contributed by atoms with Crippen molar-refractivity contribution < 1.29 is 26.7 Å². The summed E-state index contributed by atoms with van der Waals surface area (Å²) in [6.07, 6.45) is 0. The lowest BCUT2D eigenvalue weighted by Gasteiger charge is -2.13. The molecule has 0 saturated carbocycles. The third-order valence-electron chi connectivity index (χ3n) is 3.96. The maximum absolute atomic E-state index is 13.8. The molecular weight excluding hydrogens is 402 g/mol. The molecule has 0 radical (unpaired) electrons. The van der Waals surface area contributed by atoms with Crippen molar-refractivity contribution in [3.05, 3.63) is 83.4 Å². The zero-order valence-electron chi connectivity index (χ0n) is 15.1. The van der Waals surface area contributed by atoms with Crippen molar-refractivity contribution >= 4 is 21.6 Å². The third-order valence-corrected chi connectivity index (χ3v) is 4.87. The highest BCUT2D eigenvalue weighted by Crippen LogP contribution is 2.29. The Balaban J connectivity index is 1.92. The number of anilines is 1. The van der Waals surface area contributed by atoms with Gasteiger partial charge in [-0.1, -0.05) is 6.07 Å². The van der Waals surface area contributed by atoms with Crippen LogP contribution in [-0.2, 0) is 10.0 Å². The molecule has 0 aromatic heterocycles. The van der Waals surface area contributed by atoms with Gasteiger partial charge in [-0.15, -0.1) is 0 Å². The molecular formula is C20H16F2N2O4S. The predicted molar refractivity (Wildman–Crippen MR) is 103 cm³/mol. The zero-order valence-corrected chi connectivity index (χ0v) is 16.0. The lowest BCUT2D eigenvalue weighted by Crippen LogP contribution is -2.15. The summed E-state index contributed by atoms with van der Waals surface area (Å²) in [7, 11) is -3.96. The SMILES string of the molecule is Cc1cc(F)ccc1Oc1ccc(F)cc1C(=O)Nc1cccc(S(N)(=O)=O)c1. The number of sulfonamides is 1. The molecule has 0 heterocycles. The minimum Gasteiger partial charge on any atom is -0.456 e. The fourth-order valence-electron chi connectivity index (χ4n) is 2.56. The molecule has 150 valence electrons. The molecule has 0 saturated heterocycles. The van der Waals surface area contributed by atoms with Crippen molar-refractivity contribution in [2.24, 2.45) is 5.14 Å². The minimum atomic E-state index is -3.96. The fourth-order valence-corrected chi connectivity index (χ4v) is 3.12. The average Bonchev–Trinajstić information content (AvgIpc) is 2.64. The predicted octanol–water partition coefficient (Wildman–Crippen LogP) is 3.97. The normalized spacial score (nSPS) is 11.2. The van der Waals surface area contributed by atoms with Crippen LogP contribution in [0.15, 0.2) is 65.6 Å². The van der Waals surface area contributed by atoms with E-state index >= 15 is 0 Å². The number of ether oxygens (including phenoxy) is 1. The molecule has 0 fully saturated rings. The van der Waals surface area contributed by atoms with Crippen molar-refractivity contribution in [2.75, 3.05) is 5.32 Å². The van der Waals surface area contributed by atoms with Crippen molar-refractivity contribution in [3.8, 4) is 11.5 Å². The van der Waals surface area contributed by atoms with Crippen LogP contribution in [0.25, 0.3) is 0 Å². The first-order chi connectivity index (χ1) is 13.6. The molecule has 29 heavy (non-hydrogen) atoms. The number of halogens is 2. The summed E-state index contributed by atoms with van der Waals surface area (Å²) in [6, 6.07) is 12.5. The van der Waals surface area contributed by atoms with Crippen molar-refractivity contribution in [2.45, 2.75) is 11.8 Å². The van der Waals surface area contributed by atoms with Gasteiger partial charge in [-0.05, 0) is 67.1 Å². The van der Waals surface area contributed by atoms with Gasteiger partial charge in [0.15, 0.2) is 0 Å². The number of primary sulfonamides is 1. The van der Waals surface area contributed by atoms with Crippen LogP contribution in [0.4, 0.5) is 14.5 Å². The van der Waals surface area contributed by atoms with E-state index in [2.05, 4.69) is 5.32 Å².